The molecule has 1 saturated carbocycles. The van der Waals surface area contributed by atoms with Gasteiger partial charge in [0.1, 0.15) is 30.1 Å². The number of ether oxygens (including phenoxy) is 4. The summed E-state index contributed by atoms with van der Waals surface area (Å²) in [6.07, 6.45) is 3.34. The van der Waals surface area contributed by atoms with Crippen LogP contribution in [0.3, 0.4) is 0 Å². The molecule has 1 aliphatic rings. The molecule has 0 spiro atoms. The Kier molecular flexibility index (Phi) is 9.15. The first-order valence-electron chi connectivity index (χ1n) is 10.6. The van der Waals surface area contributed by atoms with E-state index < -0.39 is 29.7 Å². The van der Waals surface area contributed by atoms with Crippen molar-refractivity contribution < 1.29 is 33.3 Å². The number of rotatable bonds is 8. The molecular formula is C23H33NO7. The number of carbonyl (C=O) groups is 3. The van der Waals surface area contributed by atoms with Crippen molar-refractivity contribution in [2.45, 2.75) is 83.6 Å². The highest BCUT2D eigenvalue weighted by molar-refractivity contribution is 5.86. The summed E-state index contributed by atoms with van der Waals surface area (Å²) in [7, 11) is 1.57. The van der Waals surface area contributed by atoms with Crippen LogP contribution in [0.4, 0.5) is 4.79 Å². The maximum absolute atomic E-state index is 12.7. The van der Waals surface area contributed by atoms with Gasteiger partial charge in [0.15, 0.2) is 0 Å². The van der Waals surface area contributed by atoms with Crippen molar-refractivity contribution in [3.63, 3.8) is 0 Å². The van der Waals surface area contributed by atoms with Gasteiger partial charge in [-0.05, 0) is 64.2 Å². The zero-order valence-electron chi connectivity index (χ0n) is 18.8. The van der Waals surface area contributed by atoms with Gasteiger partial charge >= 0.3 is 18.0 Å². The molecule has 1 aliphatic carbocycles. The molecule has 0 aliphatic heterocycles. The molecule has 172 valence electrons. The molecule has 1 N–H and O–H groups in total. The fourth-order valence-corrected chi connectivity index (χ4v) is 3.18. The van der Waals surface area contributed by atoms with Crippen LogP contribution < -0.4 is 10.1 Å². The largest absolute Gasteiger partial charge is 0.497 e. The summed E-state index contributed by atoms with van der Waals surface area (Å²) in [5, 5.41) is 2.45. The van der Waals surface area contributed by atoms with E-state index in [1.807, 2.05) is 0 Å². The lowest BCUT2D eigenvalue weighted by Crippen LogP contribution is -2.46. The van der Waals surface area contributed by atoms with E-state index >= 15 is 0 Å². The van der Waals surface area contributed by atoms with Gasteiger partial charge in [0.25, 0.3) is 0 Å². The Morgan fingerprint density at radius 2 is 1.71 bits per heavy atom. The highest BCUT2D eigenvalue weighted by Gasteiger charge is 2.30. The van der Waals surface area contributed by atoms with Crippen molar-refractivity contribution in [1.29, 1.82) is 0 Å². The molecule has 2 rings (SSSR count). The van der Waals surface area contributed by atoms with Gasteiger partial charge in [-0.25, -0.2) is 9.59 Å². The number of esters is 2. The van der Waals surface area contributed by atoms with Crippen LogP contribution in [0.2, 0.25) is 0 Å². The number of hydrogen-bond acceptors (Lipinski definition) is 7. The molecule has 1 amide bonds. The minimum atomic E-state index is -1.18. The predicted octanol–water partition coefficient (Wildman–Crippen LogP) is 3.90. The summed E-state index contributed by atoms with van der Waals surface area (Å²) >= 11 is 0. The van der Waals surface area contributed by atoms with Crippen molar-refractivity contribution in [3.8, 4) is 5.75 Å². The number of hydrogen-bond donors (Lipinski definition) is 1. The Bertz CT molecular complexity index is 733. The zero-order chi connectivity index (χ0) is 22.9. The molecule has 1 atom stereocenters. The number of alkyl carbamates (subject to hydrolysis) is 1. The molecule has 0 aromatic heterocycles. The summed E-state index contributed by atoms with van der Waals surface area (Å²) in [6.45, 7) is 5.18. The Morgan fingerprint density at radius 1 is 1.06 bits per heavy atom. The van der Waals surface area contributed by atoms with E-state index in [1.54, 1.807) is 52.1 Å². The number of carbonyl (C=O) groups excluding carboxylic acids is 3. The quantitative estimate of drug-likeness (QED) is 0.488. The number of methoxy groups -OCH3 is 1. The first-order chi connectivity index (χ1) is 14.7. The molecule has 1 aromatic carbocycles. The van der Waals surface area contributed by atoms with E-state index in [0.29, 0.717) is 5.75 Å². The Balaban J connectivity index is 1.95. The Hall–Kier alpha value is -2.77. The van der Waals surface area contributed by atoms with Gasteiger partial charge in [0.05, 0.1) is 13.5 Å². The second-order valence-electron chi connectivity index (χ2n) is 8.61. The van der Waals surface area contributed by atoms with Crippen molar-refractivity contribution in [3.05, 3.63) is 29.8 Å². The van der Waals surface area contributed by atoms with E-state index in [2.05, 4.69) is 5.32 Å². The fourth-order valence-electron chi connectivity index (χ4n) is 3.18. The number of amides is 1. The molecule has 31 heavy (non-hydrogen) atoms. The monoisotopic (exact) mass is 435 g/mol. The average molecular weight is 436 g/mol. The zero-order valence-corrected chi connectivity index (χ0v) is 18.8. The van der Waals surface area contributed by atoms with E-state index in [1.165, 1.54) is 0 Å². The molecular weight excluding hydrogens is 402 g/mol. The number of nitrogens with one attached hydrogen (secondary N) is 1. The highest BCUT2D eigenvalue weighted by Crippen LogP contribution is 2.21. The third-order valence-corrected chi connectivity index (χ3v) is 4.74. The lowest BCUT2D eigenvalue weighted by atomic mass is 9.98. The normalized spacial score (nSPS) is 15.5. The summed E-state index contributed by atoms with van der Waals surface area (Å²) in [6, 6.07) is 5.90. The van der Waals surface area contributed by atoms with Crippen molar-refractivity contribution >= 4 is 18.0 Å². The molecule has 0 unspecified atom stereocenters. The average Bonchev–Trinajstić information content (AvgIpc) is 2.71. The van der Waals surface area contributed by atoms with Crippen LogP contribution in [0.5, 0.6) is 5.75 Å². The van der Waals surface area contributed by atoms with Gasteiger partial charge in [-0.2, -0.15) is 0 Å². The van der Waals surface area contributed by atoms with Gasteiger partial charge < -0.3 is 24.3 Å². The fraction of sp³-hybridized carbons (Fsp3) is 0.609. The van der Waals surface area contributed by atoms with Crippen molar-refractivity contribution in [1.82, 2.24) is 5.32 Å². The SMILES string of the molecule is COc1ccc(COC(=O)C[C@H](NC(=O)OC(C)(C)C)C(=O)OC2CCCCC2)cc1. The van der Waals surface area contributed by atoms with E-state index in [9.17, 15) is 14.4 Å². The van der Waals surface area contributed by atoms with Crippen molar-refractivity contribution in [2.24, 2.45) is 0 Å². The molecule has 1 aromatic rings. The molecule has 0 radical (unpaired) electrons. The molecule has 1 fully saturated rings. The maximum atomic E-state index is 12.7. The molecule has 0 bridgehead atoms. The smallest absolute Gasteiger partial charge is 0.408 e. The molecule has 0 heterocycles. The summed E-state index contributed by atoms with van der Waals surface area (Å²) < 4.78 is 21.1. The first-order valence-corrected chi connectivity index (χ1v) is 10.6. The van der Waals surface area contributed by atoms with E-state index in [-0.39, 0.29) is 19.1 Å². The minimum absolute atomic E-state index is 0.0413. The highest BCUT2D eigenvalue weighted by atomic mass is 16.6. The van der Waals surface area contributed by atoms with Crippen LogP contribution in [0.25, 0.3) is 0 Å². The van der Waals surface area contributed by atoms with Crippen LogP contribution in [0, 0.1) is 0 Å². The van der Waals surface area contributed by atoms with Gasteiger partial charge in [0, 0.05) is 0 Å². The topological polar surface area (TPSA) is 100 Å². The van der Waals surface area contributed by atoms with Gasteiger partial charge in [-0.1, -0.05) is 18.6 Å². The summed E-state index contributed by atoms with van der Waals surface area (Å²) in [5.74, 6) is -0.584. The summed E-state index contributed by atoms with van der Waals surface area (Å²) in [5.41, 5.74) is 0.0344. The van der Waals surface area contributed by atoms with Crippen LogP contribution >= 0.6 is 0 Å². The molecule has 0 saturated heterocycles. The number of benzene rings is 1. The lowest BCUT2D eigenvalue weighted by molar-refractivity contribution is -0.157. The van der Waals surface area contributed by atoms with Crippen LogP contribution in [0.15, 0.2) is 24.3 Å². The van der Waals surface area contributed by atoms with Crippen LogP contribution in [-0.4, -0.2) is 42.9 Å². The predicted molar refractivity (Wildman–Crippen MR) is 114 cm³/mol. The Morgan fingerprint density at radius 3 is 2.29 bits per heavy atom. The second kappa shape index (κ2) is 11.6. The van der Waals surface area contributed by atoms with Crippen LogP contribution in [-0.2, 0) is 30.4 Å². The third kappa shape index (κ3) is 9.27. The van der Waals surface area contributed by atoms with Gasteiger partial charge in [-0.15, -0.1) is 0 Å². The van der Waals surface area contributed by atoms with Gasteiger partial charge in [-0.3, -0.25) is 4.79 Å². The molecule has 8 nitrogen and oxygen atoms in total. The van der Waals surface area contributed by atoms with Gasteiger partial charge in [0.2, 0.25) is 0 Å². The minimum Gasteiger partial charge on any atom is -0.497 e. The van der Waals surface area contributed by atoms with Crippen LogP contribution in [0.1, 0.15) is 64.9 Å². The lowest BCUT2D eigenvalue weighted by Gasteiger charge is -2.26. The second-order valence-corrected chi connectivity index (χ2v) is 8.61. The maximum Gasteiger partial charge on any atom is 0.408 e. The summed E-state index contributed by atoms with van der Waals surface area (Å²) in [4.78, 5) is 37.2. The third-order valence-electron chi connectivity index (χ3n) is 4.74. The van der Waals surface area contributed by atoms with Crippen molar-refractivity contribution in [2.75, 3.05) is 7.11 Å². The standard InChI is InChI=1S/C23H33NO7/c1-23(2,3)31-22(27)24-19(21(26)30-18-8-6-5-7-9-18)14-20(25)29-15-16-10-12-17(28-4)13-11-16/h10-13,18-19H,5-9,14-15H2,1-4H3,(H,24,27)/t19-/m0/s1. The van der Waals surface area contributed by atoms with E-state index in [4.69, 9.17) is 18.9 Å². The Labute approximate surface area is 183 Å². The van der Waals surface area contributed by atoms with E-state index in [0.717, 1.165) is 37.7 Å². The molecule has 8 heteroatoms. The first kappa shape index (κ1) is 24.5.